The lowest BCUT2D eigenvalue weighted by Gasteiger charge is -2.29. The van der Waals surface area contributed by atoms with Gasteiger partial charge >= 0.3 is 0 Å². The van der Waals surface area contributed by atoms with Crippen LogP contribution >= 0.6 is 0 Å². The Bertz CT molecular complexity index is 1190. The average molecular weight is 555 g/mol. The van der Waals surface area contributed by atoms with Crippen molar-refractivity contribution in [2.24, 2.45) is 0 Å². The van der Waals surface area contributed by atoms with Gasteiger partial charge in [0.2, 0.25) is 0 Å². The van der Waals surface area contributed by atoms with Gasteiger partial charge in [-0.25, -0.2) is 4.39 Å². The van der Waals surface area contributed by atoms with Crippen LogP contribution in [-0.4, -0.2) is 79.2 Å². The maximum Gasteiger partial charge on any atom is 0.295 e. The van der Waals surface area contributed by atoms with Gasteiger partial charge in [-0.1, -0.05) is 25.8 Å². The fourth-order valence-corrected chi connectivity index (χ4v) is 5.13. The van der Waals surface area contributed by atoms with Crippen molar-refractivity contribution in [3.63, 3.8) is 0 Å². The highest BCUT2D eigenvalue weighted by molar-refractivity contribution is 6.46. The third-order valence-electron chi connectivity index (χ3n) is 7.22. The lowest BCUT2D eigenvalue weighted by atomic mass is 9.95. The molecule has 1 N–H and O–H groups in total. The minimum atomic E-state index is -0.830. The predicted molar refractivity (Wildman–Crippen MR) is 150 cm³/mol. The fourth-order valence-electron chi connectivity index (χ4n) is 5.13. The lowest BCUT2D eigenvalue weighted by Crippen LogP contribution is -2.39. The molecule has 2 aliphatic rings. The molecule has 2 fully saturated rings. The first-order chi connectivity index (χ1) is 19.4. The number of carbonyl (C=O) groups is 2. The van der Waals surface area contributed by atoms with Gasteiger partial charge in [-0.3, -0.25) is 14.5 Å². The van der Waals surface area contributed by atoms with E-state index in [1.807, 2.05) is 6.92 Å². The van der Waals surface area contributed by atoms with E-state index in [0.717, 1.165) is 38.9 Å². The van der Waals surface area contributed by atoms with Gasteiger partial charge < -0.3 is 24.2 Å². The molecule has 1 amide bonds. The summed E-state index contributed by atoms with van der Waals surface area (Å²) in [6.07, 6.45) is 3.71. The molecule has 0 aliphatic carbocycles. The van der Waals surface area contributed by atoms with Gasteiger partial charge in [0.15, 0.2) is 11.5 Å². The fraction of sp³-hybridized carbons (Fsp3) is 0.484. The van der Waals surface area contributed by atoms with Crippen molar-refractivity contribution in [1.82, 2.24) is 9.80 Å². The summed E-state index contributed by atoms with van der Waals surface area (Å²) in [4.78, 5) is 30.5. The minimum absolute atomic E-state index is 0.0259. The van der Waals surface area contributed by atoms with Crippen molar-refractivity contribution in [2.45, 2.75) is 45.6 Å². The van der Waals surface area contributed by atoms with Crippen LogP contribution in [0.4, 0.5) is 4.39 Å². The van der Waals surface area contributed by atoms with Gasteiger partial charge in [0.25, 0.3) is 11.7 Å². The predicted octanol–water partition coefficient (Wildman–Crippen LogP) is 4.94. The molecule has 4 rings (SSSR count). The molecule has 216 valence electrons. The number of benzene rings is 2. The summed E-state index contributed by atoms with van der Waals surface area (Å²) in [6, 6.07) is 9.75. The van der Waals surface area contributed by atoms with E-state index in [4.69, 9.17) is 14.2 Å². The molecule has 2 aliphatic heterocycles. The van der Waals surface area contributed by atoms with Crippen LogP contribution in [0.25, 0.3) is 5.76 Å². The highest BCUT2D eigenvalue weighted by Crippen LogP contribution is 2.42. The van der Waals surface area contributed by atoms with Crippen LogP contribution in [0.1, 0.15) is 56.7 Å². The zero-order valence-electron chi connectivity index (χ0n) is 23.4. The second-order valence-corrected chi connectivity index (χ2v) is 10.0. The largest absolute Gasteiger partial charge is 0.507 e. The molecule has 1 unspecified atom stereocenters. The standard InChI is InChI=1S/C31H39FN2O6/c1-3-5-6-18-40-25-13-10-23(21-26(25)39-4-2)28-27(29(35)22-8-11-24(32)12-9-22)30(36)31(37)34(28)15-7-14-33-16-19-38-20-17-33/h8-13,21,28,35H,3-7,14-20H2,1-2H3/b29-27+. The summed E-state index contributed by atoms with van der Waals surface area (Å²) in [5.74, 6) is -1.14. The number of likely N-dealkylation sites (tertiary alicyclic amines) is 1. The highest BCUT2D eigenvalue weighted by atomic mass is 19.1. The molecule has 0 aromatic heterocycles. The van der Waals surface area contributed by atoms with Crippen molar-refractivity contribution in [3.8, 4) is 11.5 Å². The van der Waals surface area contributed by atoms with Gasteiger partial charge in [0.05, 0.1) is 38.0 Å². The van der Waals surface area contributed by atoms with Crippen molar-refractivity contribution >= 4 is 17.4 Å². The molecule has 0 spiro atoms. The Morgan fingerprint density at radius 2 is 1.73 bits per heavy atom. The topological polar surface area (TPSA) is 88.5 Å². The number of hydrogen-bond donors (Lipinski definition) is 1. The lowest BCUT2D eigenvalue weighted by molar-refractivity contribution is -0.140. The smallest absolute Gasteiger partial charge is 0.295 e. The zero-order valence-corrected chi connectivity index (χ0v) is 23.4. The number of hydrogen-bond acceptors (Lipinski definition) is 7. The molecule has 2 saturated heterocycles. The third-order valence-corrected chi connectivity index (χ3v) is 7.22. The number of carbonyl (C=O) groups excluding carboxylic acids is 2. The van der Waals surface area contributed by atoms with Crippen molar-refractivity contribution in [1.29, 1.82) is 0 Å². The maximum absolute atomic E-state index is 13.6. The monoisotopic (exact) mass is 554 g/mol. The Morgan fingerprint density at radius 1 is 0.975 bits per heavy atom. The maximum atomic E-state index is 13.6. The molecule has 0 saturated carbocycles. The first-order valence-corrected chi connectivity index (χ1v) is 14.2. The third kappa shape index (κ3) is 7.01. The first-order valence-electron chi connectivity index (χ1n) is 14.2. The molecule has 9 heteroatoms. The molecule has 40 heavy (non-hydrogen) atoms. The molecular weight excluding hydrogens is 515 g/mol. The Morgan fingerprint density at radius 3 is 2.42 bits per heavy atom. The molecule has 1 atom stereocenters. The summed E-state index contributed by atoms with van der Waals surface area (Å²) in [5.41, 5.74) is 0.860. The van der Waals surface area contributed by atoms with E-state index < -0.39 is 23.5 Å². The number of ether oxygens (including phenoxy) is 3. The molecule has 0 radical (unpaired) electrons. The van der Waals surface area contributed by atoms with Crippen LogP contribution in [0.2, 0.25) is 0 Å². The molecule has 2 aromatic rings. The Labute approximate surface area is 235 Å². The van der Waals surface area contributed by atoms with Crippen LogP contribution in [0.15, 0.2) is 48.0 Å². The van der Waals surface area contributed by atoms with Crippen LogP contribution in [0, 0.1) is 5.82 Å². The van der Waals surface area contributed by atoms with Gasteiger partial charge in [0, 0.05) is 31.7 Å². The zero-order chi connectivity index (χ0) is 28.5. The number of rotatable bonds is 13. The minimum Gasteiger partial charge on any atom is -0.507 e. The van der Waals surface area contributed by atoms with Gasteiger partial charge in [0.1, 0.15) is 11.6 Å². The van der Waals surface area contributed by atoms with Crippen LogP contribution in [0.3, 0.4) is 0 Å². The van der Waals surface area contributed by atoms with Crippen LogP contribution in [0.5, 0.6) is 11.5 Å². The number of ketones is 1. The summed E-state index contributed by atoms with van der Waals surface area (Å²) < 4.78 is 30.9. The number of nitrogens with zero attached hydrogens (tertiary/aromatic N) is 2. The molecule has 0 bridgehead atoms. The number of Topliss-reactive ketones (excluding diaryl/α,β-unsaturated/α-hetero) is 1. The van der Waals surface area contributed by atoms with Crippen LogP contribution in [-0.2, 0) is 14.3 Å². The van der Waals surface area contributed by atoms with Crippen molar-refractivity contribution in [2.75, 3.05) is 52.6 Å². The number of aliphatic hydroxyl groups is 1. The number of unbranched alkanes of at least 4 members (excludes halogenated alkanes) is 2. The summed E-state index contributed by atoms with van der Waals surface area (Å²) in [7, 11) is 0. The van der Waals surface area contributed by atoms with E-state index in [0.29, 0.717) is 56.5 Å². The Balaban J connectivity index is 1.68. The SMILES string of the molecule is CCCCCOc1ccc(C2/C(=C(\O)c3ccc(F)cc3)C(=O)C(=O)N2CCCN2CCOCC2)cc1OCC. The summed E-state index contributed by atoms with van der Waals surface area (Å²) in [5, 5.41) is 11.3. The van der Waals surface area contributed by atoms with E-state index in [2.05, 4.69) is 11.8 Å². The number of halogens is 1. The average Bonchev–Trinajstić information content (AvgIpc) is 3.22. The van der Waals surface area contributed by atoms with Crippen molar-refractivity contribution in [3.05, 3.63) is 65.0 Å². The number of amides is 1. The first kappa shape index (κ1) is 29.6. The molecule has 2 aromatic carbocycles. The Hall–Kier alpha value is -3.43. The quantitative estimate of drug-likeness (QED) is 0.162. The van der Waals surface area contributed by atoms with E-state index in [9.17, 15) is 19.1 Å². The second-order valence-electron chi connectivity index (χ2n) is 10.0. The van der Waals surface area contributed by atoms with E-state index in [1.165, 1.54) is 29.2 Å². The van der Waals surface area contributed by atoms with Gasteiger partial charge in [-0.05, 0) is 61.7 Å². The Kier molecular flexibility index (Phi) is 10.5. The van der Waals surface area contributed by atoms with Crippen LogP contribution < -0.4 is 9.47 Å². The number of aliphatic hydroxyl groups excluding tert-OH is 1. The second kappa shape index (κ2) is 14.3. The summed E-state index contributed by atoms with van der Waals surface area (Å²) in [6.45, 7) is 9.04. The highest BCUT2D eigenvalue weighted by Gasteiger charge is 2.46. The molecule has 8 nitrogen and oxygen atoms in total. The van der Waals surface area contributed by atoms with Gasteiger partial charge in [-0.2, -0.15) is 0 Å². The molecular formula is C31H39FN2O6. The van der Waals surface area contributed by atoms with Gasteiger partial charge in [-0.15, -0.1) is 0 Å². The van der Waals surface area contributed by atoms with E-state index in [-0.39, 0.29) is 16.9 Å². The normalized spacial score (nSPS) is 19.3. The summed E-state index contributed by atoms with van der Waals surface area (Å²) >= 11 is 0. The van der Waals surface area contributed by atoms with Crippen molar-refractivity contribution < 1.29 is 33.3 Å². The number of morpholine rings is 1. The van der Waals surface area contributed by atoms with E-state index in [1.54, 1.807) is 18.2 Å². The molecule has 2 heterocycles. The van der Waals surface area contributed by atoms with E-state index >= 15 is 0 Å².